The zero-order valence-electron chi connectivity index (χ0n) is 13.9. The van der Waals surface area contributed by atoms with E-state index in [9.17, 15) is 24.9 Å². The molecule has 5 nitrogen and oxygen atoms in total. The average molecular weight is 332 g/mol. The number of aliphatic hydroxyl groups is 1. The Labute approximate surface area is 141 Å². The van der Waals surface area contributed by atoms with Gasteiger partial charge in [-0.15, -0.1) is 0 Å². The van der Waals surface area contributed by atoms with E-state index in [0.717, 1.165) is 30.4 Å². The molecule has 0 aromatic rings. The quantitative estimate of drug-likeness (QED) is 0.675. The van der Waals surface area contributed by atoms with E-state index in [4.69, 9.17) is 0 Å². The second kappa shape index (κ2) is 4.72. The van der Waals surface area contributed by atoms with Crippen LogP contribution in [0.4, 0.5) is 0 Å². The smallest absolute Gasteiger partial charge is 0.312 e. The molecule has 3 N–H and O–H groups in total. The molecule has 3 fully saturated rings. The first-order chi connectivity index (χ1) is 11.2. The van der Waals surface area contributed by atoms with Gasteiger partial charge in [-0.05, 0) is 56.3 Å². The topological polar surface area (TPSA) is 94.8 Å². The highest BCUT2D eigenvalue weighted by Gasteiger charge is 2.70. The van der Waals surface area contributed by atoms with Gasteiger partial charge in [0.1, 0.15) is 0 Å². The monoisotopic (exact) mass is 332 g/mol. The summed E-state index contributed by atoms with van der Waals surface area (Å²) in [7, 11) is 0. The van der Waals surface area contributed by atoms with Crippen molar-refractivity contribution in [2.24, 2.45) is 34.5 Å². The predicted molar refractivity (Wildman–Crippen MR) is 86.1 cm³/mol. The molecule has 4 aliphatic carbocycles. The lowest BCUT2D eigenvalue weighted by Crippen LogP contribution is -2.52. The van der Waals surface area contributed by atoms with Crippen molar-refractivity contribution < 1.29 is 24.9 Å². The summed E-state index contributed by atoms with van der Waals surface area (Å²) in [5.41, 5.74) is 0.244. The van der Waals surface area contributed by atoms with Gasteiger partial charge in [0.15, 0.2) is 0 Å². The Bertz CT molecular complexity index is 679. The van der Waals surface area contributed by atoms with Crippen LogP contribution in [0.1, 0.15) is 39.0 Å². The van der Waals surface area contributed by atoms with E-state index in [2.05, 4.69) is 6.58 Å². The molecule has 0 aromatic carbocycles. The van der Waals surface area contributed by atoms with Gasteiger partial charge in [0.05, 0.1) is 17.4 Å². The zero-order valence-corrected chi connectivity index (χ0v) is 13.9. The molecular formula is C19H24O5. The van der Waals surface area contributed by atoms with Crippen LogP contribution in [0.25, 0.3) is 0 Å². The second-order valence-electron chi connectivity index (χ2n) is 8.44. The Hall–Kier alpha value is -1.62. The van der Waals surface area contributed by atoms with E-state index in [1.54, 1.807) is 0 Å². The number of aliphatic hydroxyl groups excluding tert-OH is 1. The normalized spacial score (nSPS) is 49.3. The maximum atomic E-state index is 12.3. The Kier molecular flexibility index (Phi) is 3.12. The maximum Gasteiger partial charge on any atom is 0.312 e. The number of allylic oxidation sites excluding steroid dienone is 2. The van der Waals surface area contributed by atoms with Crippen LogP contribution in [0.3, 0.4) is 0 Å². The number of aliphatic carboxylic acids is 2. The summed E-state index contributed by atoms with van der Waals surface area (Å²) in [6.45, 7) is 5.70. The number of carbonyl (C=O) groups is 2. The first-order valence-corrected chi connectivity index (χ1v) is 8.75. The molecule has 3 saturated carbocycles. The number of carboxylic acids is 2. The lowest BCUT2D eigenvalue weighted by atomic mass is 9.60. The fraction of sp³-hybridized carbons (Fsp3) is 0.684. The summed E-state index contributed by atoms with van der Waals surface area (Å²) in [5.74, 6) is -2.93. The summed E-state index contributed by atoms with van der Waals surface area (Å²) in [6, 6.07) is 0. The summed E-state index contributed by atoms with van der Waals surface area (Å²) in [4.78, 5) is 24.4. The lowest BCUT2D eigenvalue weighted by molar-refractivity contribution is -0.166. The second-order valence-corrected chi connectivity index (χ2v) is 8.44. The van der Waals surface area contributed by atoms with Gasteiger partial charge in [-0.3, -0.25) is 9.59 Å². The van der Waals surface area contributed by atoms with E-state index in [1.165, 1.54) is 6.92 Å². The van der Waals surface area contributed by atoms with Gasteiger partial charge in [0.2, 0.25) is 0 Å². The third-order valence-electron chi connectivity index (χ3n) is 7.61. The summed E-state index contributed by atoms with van der Waals surface area (Å²) in [6.07, 6.45) is 4.57. The van der Waals surface area contributed by atoms with Crippen molar-refractivity contribution in [2.45, 2.75) is 45.1 Å². The molecule has 0 aliphatic heterocycles. The fourth-order valence-electron chi connectivity index (χ4n) is 6.49. The van der Waals surface area contributed by atoms with Crippen molar-refractivity contribution in [1.29, 1.82) is 0 Å². The van der Waals surface area contributed by atoms with Crippen LogP contribution in [0.5, 0.6) is 0 Å². The molecule has 7 atom stereocenters. The average Bonchev–Trinajstić information content (AvgIpc) is 2.94. The first-order valence-electron chi connectivity index (χ1n) is 8.75. The van der Waals surface area contributed by atoms with Crippen molar-refractivity contribution in [3.05, 3.63) is 23.8 Å². The van der Waals surface area contributed by atoms with E-state index in [1.807, 2.05) is 6.08 Å². The van der Waals surface area contributed by atoms with Crippen molar-refractivity contribution in [1.82, 2.24) is 0 Å². The van der Waals surface area contributed by atoms with Crippen LogP contribution in [-0.4, -0.2) is 33.4 Å². The molecular weight excluding hydrogens is 308 g/mol. The van der Waals surface area contributed by atoms with Crippen LogP contribution in [0.2, 0.25) is 0 Å². The first kappa shape index (κ1) is 15.9. The van der Waals surface area contributed by atoms with E-state index in [-0.39, 0.29) is 12.3 Å². The van der Waals surface area contributed by atoms with Crippen LogP contribution in [0.15, 0.2) is 23.8 Å². The number of carboxylic acid groups (broad SMARTS) is 2. The molecule has 7 unspecified atom stereocenters. The van der Waals surface area contributed by atoms with Crippen LogP contribution >= 0.6 is 0 Å². The van der Waals surface area contributed by atoms with E-state index in [0.29, 0.717) is 12.3 Å². The number of hydrogen-bond donors (Lipinski definition) is 3. The molecule has 0 saturated heterocycles. The van der Waals surface area contributed by atoms with E-state index >= 15 is 0 Å². The summed E-state index contributed by atoms with van der Waals surface area (Å²) in [5, 5.41) is 30.4. The molecule has 0 aromatic heterocycles. The Morgan fingerprint density at radius 2 is 2.00 bits per heavy atom. The number of rotatable bonds is 2. The van der Waals surface area contributed by atoms with Crippen LogP contribution < -0.4 is 0 Å². The van der Waals surface area contributed by atoms with Gasteiger partial charge >= 0.3 is 11.9 Å². The highest BCUT2D eigenvalue weighted by atomic mass is 16.4. The molecule has 130 valence electrons. The van der Waals surface area contributed by atoms with Gasteiger partial charge in [0.25, 0.3) is 0 Å². The van der Waals surface area contributed by atoms with Gasteiger partial charge in [-0.25, -0.2) is 0 Å². The maximum absolute atomic E-state index is 12.3. The molecule has 4 rings (SSSR count). The summed E-state index contributed by atoms with van der Waals surface area (Å²) < 4.78 is 0. The van der Waals surface area contributed by atoms with Gasteiger partial charge in [-0.2, -0.15) is 0 Å². The highest BCUT2D eigenvalue weighted by Crippen LogP contribution is 2.72. The Morgan fingerprint density at radius 1 is 1.29 bits per heavy atom. The minimum atomic E-state index is -1.45. The Morgan fingerprint density at radius 3 is 2.62 bits per heavy atom. The molecule has 24 heavy (non-hydrogen) atoms. The van der Waals surface area contributed by atoms with Crippen molar-refractivity contribution >= 4 is 11.9 Å². The lowest BCUT2D eigenvalue weighted by Gasteiger charge is -2.42. The fourth-order valence-corrected chi connectivity index (χ4v) is 6.49. The molecule has 0 amide bonds. The standard InChI is InChI=1S/C19H24O5/c1-9-7-19-8-10(9)3-5-12(19)11-4-6-13(20)18(2,17(23)24)14(11)15(19)16(21)22/h4,10,12-15,20H,1,3,5-8H2,2H3,(H,21,22)(H,23,24). The van der Waals surface area contributed by atoms with Crippen molar-refractivity contribution in [3.8, 4) is 0 Å². The van der Waals surface area contributed by atoms with Gasteiger partial charge in [-0.1, -0.05) is 23.8 Å². The molecule has 2 bridgehead atoms. The predicted octanol–water partition coefficient (Wildman–Crippen LogP) is 2.46. The highest BCUT2D eigenvalue weighted by molar-refractivity contribution is 5.81. The van der Waals surface area contributed by atoms with Crippen LogP contribution in [0, 0.1) is 34.5 Å². The van der Waals surface area contributed by atoms with Gasteiger partial charge in [0, 0.05) is 5.92 Å². The molecule has 5 heteroatoms. The minimum absolute atomic E-state index is 0.116. The SMILES string of the molecule is C=C1CC23CC1CCC2C1=CCC(O)C(C)(C(=O)O)C1C3C(=O)O. The van der Waals surface area contributed by atoms with E-state index < -0.39 is 40.7 Å². The van der Waals surface area contributed by atoms with Crippen molar-refractivity contribution in [2.75, 3.05) is 0 Å². The van der Waals surface area contributed by atoms with Crippen LogP contribution in [-0.2, 0) is 9.59 Å². The third-order valence-corrected chi connectivity index (χ3v) is 7.61. The largest absolute Gasteiger partial charge is 0.481 e. The molecule has 4 aliphatic rings. The Balaban J connectivity index is 1.92. The van der Waals surface area contributed by atoms with Crippen molar-refractivity contribution in [3.63, 3.8) is 0 Å². The minimum Gasteiger partial charge on any atom is -0.481 e. The number of hydrogen-bond acceptors (Lipinski definition) is 3. The zero-order chi connectivity index (χ0) is 17.4. The molecule has 1 spiro atoms. The molecule has 0 heterocycles. The number of fused-ring (bicyclic) bond motifs is 3. The molecule has 0 radical (unpaired) electrons. The van der Waals surface area contributed by atoms with Gasteiger partial charge < -0.3 is 15.3 Å². The summed E-state index contributed by atoms with van der Waals surface area (Å²) >= 11 is 0. The third kappa shape index (κ3) is 1.64.